The van der Waals surface area contributed by atoms with E-state index in [-0.39, 0.29) is 6.04 Å². The lowest BCUT2D eigenvalue weighted by Crippen LogP contribution is -2.13. The number of halogens is 1. The van der Waals surface area contributed by atoms with Gasteiger partial charge < -0.3 is 15.5 Å². The van der Waals surface area contributed by atoms with Gasteiger partial charge in [0, 0.05) is 0 Å². The summed E-state index contributed by atoms with van der Waals surface area (Å²) in [6.45, 7) is 1.99. The molecule has 0 amide bonds. The number of aromatic amines is 1. The Kier molecular flexibility index (Phi) is 3.49. The number of aromatic nitrogens is 2. The van der Waals surface area contributed by atoms with Crippen LogP contribution in [0.3, 0.4) is 0 Å². The van der Waals surface area contributed by atoms with E-state index in [9.17, 15) is 0 Å². The van der Waals surface area contributed by atoms with Crippen LogP contribution in [0.5, 0.6) is 5.75 Å². The first-order valence-corrected chi connectivity index (χ1v) is 6.01. The van der Waals surface area contributed by atoms with Crippen molar-refractivity contribution in [3.63, 3.8) is 0 Å². The molecule has 1 unspecified atom stereocenters. The van der Waals surface area contributed by atoms with Crippen LogP contribution >= 0.6 is 15.9 Å². The highest BCUT2D eigenvalue weighted by atomic mass is 79.9. The van der Waals surface area contributed by atoms with Gasteiger partial charge in [-0.05, 0) is 40.0 Å². The molecule has 0 bridgehead atoms. The van der Waals surface area contributed by atoms with E-state index >= 15 is 0 Å². The van der Waals surface area contributed by atoms with E-state index in [1.165, 1.54) is 0 Å². The predicted octanol–water partition coefficient (Wildman–Crippen LogP) is 2.54. The Morgan fingerprint density at radius 2 is 2.24 bits per heavy atom. The van der Waals surface area contributed by atoms with Gasteiger partial charge in [-0.2, -0.15) is 0 Å². The lowest BCUT2D eigenvalue weighted by Gasteiger charge is -2.12. The molecular weight excluding hydrogens is 282 g/mol. The third kappa shape index (κ3) is 2.50. The summed E-state index contributed by atoms with van der Waals surface area (Å²) < 4.78 is 6.04. The molecule has 90 valence electrons. The number of methoxy groups -OCH3 is 1. The summed E-state index contributed by atoms with van der Waals surface area (Å²) in [5, 5.41) is 0. The summed E-state index contributed by atoms with van der Waals surface area (Å²) in [6, 6.07) is 5.63. The lowest BCUT2D eigenvalue weighted by molar-refractivity contribution is 0.411. The van der Waals surface area contributed by atoms with Crippen LogP contribution in [0.15, 0.2) is 29.0 Å². The van der Waals surface area contributed by atoms with Crippen LogP contribution in [-0.2, 0) is 0 Å². The topological polar surface area (TPSA) is 63.9 Å². The van der Waals surface area contributed by atoms with Crippen LogP contribution in [0.2, 0.25) is 0 Å². The highest BCUT2D eigenvalue weighted by Crippen LogP contribution is 2.24. The Morgan fingerprint density at radius 3 is 2.76 bits per heavy atom. The van der Waals surface area contributed by atoms with Crippen LogP contribution < -0.4 is 10.5 Å². The van der Waals surface area contributed by atoms with E-state index in [4.69, 9.17) is 10.5 Å². The second-order valence-electron chi connectivity index (χ2n) is 3.82. The van der Waals surface area contributed by atoms with E-state index in [1.54, 1.807) is 13.3 Å². The molecule has 1 heterocycles. The molecule has 1 aromatic heterocycles. The molecule has 0 radical (unpaired) electrons. The molecule has 0 aliphatic heterocycles. The average molecular weight is 296 g/mol. The molecule has 5 heteroatoms. The fraction of sp³-hybridized carbons (Fsp3) is 0.250. The van der Waals surface area contributed by atoms with Gasteiger partial charge in [-0.3, -0.25) is 0 Å². The molecule has 4 nitrogen and oxygen atoms in total. The zero-order valence-corrected chi connectivity index (χ0v) is 11.3. The fourth-order valence-corrected chi connectivity index (χ4v) is 2.03. The predicted molar refractivity (Wildman–Crippen MR) is 70.0 cm³/mol. The molecule has 0 spiro atoms. The van der Waals surface area contributed by atoms with Crippen molar-refractivity contribution >= 4 is 15.9 Å². The summed E-state index contributed by atoms with van der Waals surface area (Å²) in [5.41, 5.74) is 8.20. The zero-order chi connectivity index (χ0) is 12.4. The van der Waals surface area contributed by atoms with Gasteiger partial charge in [-0.1, -0.05) is 12.1 Å². The quantitative estimate of drug-likeness (QED) is 0.915. The molecule has 1 aromatic carbocycles. The van der Waals surface area contributed by atoms with Gasteiger partial charge in [-0.15, -0.1) is 0 Å². The molecule has 0 saturated heterocycles. The first-order valence-electron chi connectivity index (χ1n) is 5.22. The number of nitrogens with zero attached hydrogens (tertiary/aromatic N) is 1. The van der Waals surface area contributed by atoms with Crippen LogP contribution in [-0.4, -0.2) is 17.1 Å². The smallest absolute Gasteiger partial charge is 0.128 e. The van der Waals surface area contributed by atoms with Gasteiger partial charge in [0.2, 0.25) is 0 Å². The maximum atomic E-state index is 6.13. The first kappa shape index (κ1) is 12.1. The van der Waals surface area contributed by atoms with Crippen molar-refractivity contribution in [3.05, 3.63) is 46.0 Å². The van der Waals surface area contributed by atoms with E-state index < -0.39 is 0 Å². The number of aryl methyl sites for hydroxylation is 1. The Bertz CT molecular complexity index is 524. The highest BCUT2D eigenvalue weighted by molar-refractivity contribution is 9.10. The molecule has 2 rings (SSSR count). The molecule has 1 atom stereocenters. The van der Waals surface area contributed by atoms with Gasteiger partial charge in [0.05, 0.1) is 19.3 Å². The number of rotatable bonds is 3. The van der Waals surface area contributed by atoms with Crippen molar-refractivity contribution in [2.24, 2.45) is 5.73 Å². The molecule has 0 fully saturated rings. The minimum absolute atomic E-state index is 0.258. The number of nitrogens with one attached hydrogen (secondary N) is 1. The molecule has 3 N–H and O–H groups in total. The minimum atomic E-state index is -0.258. The monoisotopic (exact) mass is 295 g/mol. The summed E-state index contributed by atoms with van der Waals surface area (Å²) >= 11 is 3.32. The highest BCUT2D eigenvalue weighted by Gasteiger charge is 2.13. The maximum absolute atomic E-state index is 6.13. The van der Waals surface area contributed by atoms with Gasteiger partial charge >= 0.3 is 0 Å². The lowest BCUT2D eigenvalue weighted by atomic mass is 10.0. The van der Waals surface area contributed by atoms with Crippen molar-refractivity contribution in [1.29, 1.82) is 0 Å². The van der Waals surface area contributed by atoms with Crippen LogP contribution in [0.25, 0.3) is 0 Å². The molecule has 0 aliphatic carbocycles. The Hall–Kier alpha value is -1.33. The number of imidazole rings is 1. The van der Waals surface area contributed by atoms with Crippen LogP contribution in [0.4, 0.5) is 0 Å². The third-order valence-electron chi connectivity index (χ3n) is 2.64. The van der Waals surface area contributed by atoms with Gasteiger partial charge in [0.25, 0.3) is 0 Å². The second kappa shape index (κ2) is 4.89. The van der Waals surface area contributed by atoms with Crippen molar-refractivity contribution in [2.75, 3.05) is 7.11 Å². The Labute approximate surface area is 108 Å². The summed E-state index contributed by atoms with van der Waals surface area (Å²) in [6.07, 6.45) is 1.70. The molecule has 17 heavy (non-hydrogen) atoms. The summed E-state index contributed by atoms with van der Waals surface area (Å²) in [7, 11) is 1.66. The Balaban J connectivity index is 2.31. The van der Waals surface area contributed by atoms with Crippen LogP contribution in [0.1, 0.15) is 23.0 Å². The molecule has 0 aliphatic rings. The number of hydrogen-bond acceptors (Lipinski definition) is 3. The van der Waals surface area contributed by atoms with Gasteiger partial charge in [0.15, 0.2) is 0 Å². The summed E-state index contributed by atoms with van der Waals surface area (Å²) in [5.74, 6) is 1.60. The van der Waals surface area contributed by atoms with E-state index in [0.717, 1.165) is 27.3 Å². The van der Waals surface area contributed by atoms with Crippen molar-refractivity contribution < 1.29 is 4.74 Å². The third-order valence-corrected chi connectivity index (χ3v) is 3.04. The number of nitrogens with two attached hydrogens (primary N) is 1. The van der Waals surface area contributed by atoms with Crippen molar-refractivity contribution in [1.82, 2.24) is 9.97 Å². The van der Waals surface area contributed by atoms with Crippen molar-refractivity contribution in [3.8, 4) is 5.75 Å². The maximum Gasteiger partial charge on any atom is 0.128 e. The van der Waals surface area contributed by atoms with Crippen molar-refractivity contribution in [2.45, 2.75) is 13.0 Å². The van der Waals surface area contributed by atoms with Crippen LogP contribution in [0, 0.1) is 6.92 Å². The second-order valence-corrected chi connectivity index (χ2v) is 4.68. The molecular formula is C12H14BrN3O. The average Bonchev–Trinajstić information content (AvgIpc) is 2.75. The normalized spacial score (nSPS) is 12.5. The molecule has 0 saturated carbocycles. The van der Waals surface area contributed by atoms with Gasteiger partial charge in [-0.25, -0.2) is 4.98 Å². The van der Waals surface area contributed by atoms with E-state index in [1.807, 2.05) is 25.1 Å². The zero-order valence-electron chi connectivity index (χ0n) is 9.70. The summed E-state index contributed by atoms with van der Waals surface area (Å²) in [4.78, 5) is 7.28. The Morgan fingerprint density at radius 1 is 1.47 bits per heavy atom. The van der Waals surface area contributed by atoms with E-state index in [2.05, 4.69) is 25.9 Å². The van der Waals surface area contributed by atoms with E-state index in [0.29, 0.717) is 0 Å². The number of hydrogen-bond donors (Lipinski definition) is 2. The SMILES string of the molecule is COc1ccc(C(N)c2ncc(Br)[nH]2)cc1C. The largest absolute Gasteiger partial charge is 0.496 e. The molecule has 2 aromatic rings. The number of benzene rings is 1. The number of ether oxygens (including phenoxy) is 1. The first-order chi connectivity index (χ1) is 8.11. The number of H-pyrrole nitrogens is 1. The van der Waals surface area contributed by atoms with Gasteiger partial charge in [0.1, 0.15) is 16.2 Å². The minimum Gasteiger partial charge on any atom is -0.496 e. The standard InChI is InChI=1S/C12H14BrN3O/c1-7-5-8(3-4-9(7)17-2)11(14)12-15-6-10(13)16-12/h3-6,11H,14H2,1-2H3,(H,15,16). The fourth-order valence-electron chi connectivity index (χ4n) is 1.72.